The zero-order chi connectivity index (χ0) is 14.7. The number of anilines is 1. The standard InChI is InChI=1S/C15H16N2O3/c1-17(11-7-5-10(9-16)6-8-11)15(20)14-12(18)3-2-4-13(14)19/h2-8,18-19H,9,16H2,1H3. The zero-order valence-corrected chi connectivity index (χ0v) is 11.1. The van der Waals surface area contributed by atoms with Crippen molar-refractivity contribution < 1.29 is 15.0 Å². The van der Waals surface area contributed by atoms with Crippen LogP contribution in [0.1, 0.15) is 15.9 Å². The number of benzene rings is 2. The van der Waals surface area contributed by atoms with Crippen LogP contribution in [-0.2, 0) is 6.54 Å². The van der Waals surface area contributed by atoms with E-state index < -0.39 is 5.91 Å². The first-order valence-electron chi connectivity index (χ1n) is 6.12. The molecule has 0 bridgehead atoms. The summed E-state index contributed by atoms with van der Waals surface area (Å²) in [6.45, 7) is 0.429. The van der Waals surface area contributed by atoms with Gasteiger partial charge in [-0.25, -0.2) is 0 Å². The van der Waals surface area contributed by atoms with Gasteiger partial charge in [-0.05, 0) is 29.8 Å². The van der Waals surface area contributed by atoms with Gasteiger partial charge in [0, 0.05) is 19.3 Å². The van der Waals surface area contributed by atoms with E-state index in [2.05, 4.69) is 0 Å². The minimum atomic E-state index is -0.485. The van der Waals surface area contributed by atoms with Gasteiger partial charge in [0.05, 0.1) is 0 Å². The average molecular weight is 272 g/mol. The Morgan fingerprint density at radius 1 is 1.10 bits per heavy atom. The SMILES string of the molecule is CN(C(=O)c1c(O)cccc1O)c1ccc(CN)cc1. The Morgan fingerprint density at radius 2 is 1.65 bits per heavy atom. The van der Waals surface area contributed by atoms with Crippen molar-refractivity contribution in [1.82, 2.24) is 0 Å². The largest absolute Gasteiger partial charge is 0.507 e. The van der Waals surface area contributed by atoms with Gasteiger partial charge in [0.2, 0.25) is 0 Å². The summed E-state index contributed by atoms with van der Waals surface area (Å²) in [4.78, 5) is 13.7. The van der Waals surface area contributed by atoms with E-state index in [0.29, 0.717) is 12.2 Å². The van der Waals surface area contributed by atoms with Gasteiger partial charge in [0.15, 0.2) is 0 Å². The Kier molecular flexibility index (Phi) is 3.91. The Labute approximate surface area is 116 Å². The topological polar surface area (TPSA) is 86.8 Å². The van der Waals surface area contributed by atoms with Crippen LogP contribution in [-0.4, -0.2) is 23.2 Å². The highest BCUT2D eigenvalue weighted by atomic mass is 16.3. The third-order valence-electron chi connectivity index (χ3n) is 3.10. The quantitative estimate of drug-likeness (QED) is 0.795. The fraction of sp³-hybridized carbons (Fsp3) is 0.133. The van der Waals surface area contributed by atoms with Crippen LogP contribution in [0, 0.1) is 0 Å². The van der Waals surface area contributed by atoms with Crippen LogP contribution in [0.2, 0.25) is 0 Å². The van der Waals surface area contributed by atoms with E-state index in [0.717, 1.165) is 5.56 Å². The van der Waals surface area contributed by atoms with E-state index in [1.54, 1.807) is 19.2 Å². The van der Waals surface area contributed by atoms with Crippen molar-refractivity contribution in [2.75, 3.05) is 11.9 Å². The number of phenolic OH excluding ortho intramolecular Hbond substituents is 2. The van der Waals surface area contributed by atoms with Gasteiger partial charge >= 0.3 is 0 Å². The number of carbonyl (C=O) groups excluding carboxylic acids is 1. The third-order valence-corrected chi connectivity index (χ3v) is 3.10. The maximum Gasteiger partial charge on any atom is 0.265 e. The minimum Gasteiger partial charge on any atom is -0.507 e. The highest BCUT2D eigenvalue weighted by molar-refractivity contribution is 6.09. The van der Waals surface area contributed by atoms with Crippen LogP contribution >= 0.6 is 0 Å². The predicted molar refractivity (Wildman–Crippen MR) is 76.8 cm³/mol. The van der Waals surface area contributed by atoms with Gasteiger partial charge in [-0.2, -0.15) is 0 Å². The molecule has 0 unspecified atom stereocenters. The van der Waals surface area contributed by atoms with Crippen molar-refractivity contribution in [2.45, 2.75) is 6.54 Å². The van der Waals surface area contributed by atoms with Gasteiger partial charge in [-0.3, -0.25) is 4.79 Å². The smallest absolute Gasteiger partial charge is 0.265 e. The molecule has 2 aromatic carbocycles. The number of hydrogen-bond acceptors (Lipinski definition) is 4. The monoisotopic (exact) mass is 272 g/mol. The van der Waals surface area contributed by atoms with Gasteiger partial charge in [-0.1, -0.05) is 18.2 Å². The molecular formula is C15H16N2O3. The van der Waals surface area contributed by atoms with E-state index >= 15 is 0 Å². The van der Waals surface area contributed by atoms with Crippen molar-refractivity contribution in [3.63, 3.8) is 0 Å². The maximum absolute atomic E-state index is 12.3. The molecule has 0 atom stereocenters. The first-order chi connectivity index (χ1) is 9.54. The van der Waals surface area contributed by atoms with Gasteiger partial charge in [0.25, 0.3) is 5.91 Å². The molecule has 0 spiro atoms. The summed E-state index contributed by atoms with van der Waals surface area (Å²) in [7, 11) is 1.58. The number of phenols is 2. The Balaban J connectivity index is 2.32. The molecule has 0 aliphatic carbocycles. The Morgan fingerprint density at radius 3 is 2.15 bits per heavy atom. The van der Waals surface area contributed by atoms with E-state index in [-0.39, 0.29) is 17.1 Å². The summed E-state index contributed by atoms with van der Waals surface area (Å²) in [6.07, 6.45) is 0. The maximum atomic E-state index is 12.3. The van der Waals surface area contributed by atoms with Crippen molar-refractivity contribution in [1.29, 1.82) is 0 Å². The van der Waals surface area contributed by atoms with E-state index in [1.807, 2.05) is 12.1 Å². The van der Waals surface area contributed by atoms with Crippen molar-refractivity contribution in [3.8, 4) is 11.5 Å². The molecule has 5 nitrogen and oxygen atoms in total. The highest BCUT2D eigenvalue weighted by Gasteiger charge is 2.20. The second kappa shape index (κ2) is 5.63. The molecule has 0 saturated heterocycles. The van der Waals surface area contributed by atoms with Crippen LogP contribution in [0.5, 0.6) is 11.5 Å². The second-order valence-corrected chi connectivity index (χ2v) is 4.41. The Hall–Kier alpha value is -2.53. The molecule has 104 valence electrons. The summed E-state index contributed by atoms with van der Waals surface area (Å²) in [5.41, 5.74) is 7.01. The fourth-order valence-corrected chi connectivity index (χ4v) is 1.89. The van der Waals surface area contributed by atoms with Crippen LogP contribution < -0.4 is 10.6 Å². The molecule has 5 heteroatoms. The minimum absolute atomic E-state index is 0.113. The van der Waals surface area contributed by atoms with E-state index in [1.165, 1.54) is 23.1 Å². The van der Waals surface area contributed by atoms with Crippen molar-refractivity contribution in [2.24, 2.45) is 5.73 Å². The number of carbonyl (C=O) groups is 1. The van der Waals surface area contributed by atoms with Crippen LogP contribution in [0.4, 0.5) is 5.69 Å². The first kappa shape index (κ1) is 13.9. The molecular weight excluding hydrogens is 256 g/mol. The summed E-state index contributed by atoms with van der Waals surface area (Å²) < 4.78 is 0. The summed E-state index contributed by atoms with van der Waals surface area (Å²) >= 11 is 0. The number of rotatable bonds is 3. The normalized spacial score (nSPS) is 10.3. The zero-order valence-electron chi connectivity index (χ0n) is 11.1. The number of nitrogens with zero attached hydrogens (tertiary/aromatic N) is 1. The molecule has 0 radical (unpaired) electrons. The lowest BCUT2D eigenvalue weighted by Gasteiger charge is -2.18. The lowest BCUT2D eigenvalue weighted by atomic mass is 10.1. The second-order valence-electron chi connectivity index (χ2n) is 4.41. The molecule has 0 aliphatic rings. The first-order valence-corrected chi connectivity index (χ1v) is 6.12. The summed E-state index contributed by atoms with van der Waals surface area (Å²) in [5.74, 6) is -0.984. The van der Waals surface area contributed by atoms with Crippen LogP contribution in [0.3, 0.4) is 0 Å². The number of nitrogens with two attached hydrogens (primary N) is 1. The molecule has 0 aliphatic heterocycles. The summed E-state index contributed by atoms with van der Waals surface area (Å²) in [5, 5.41) is 19.4. The van der Waals surface area contributed by atoms with Gasteiger partial charge < -0.3 is 20.8 Å². The van der Waals surface area contributed by atoms with Crippen molar-refractivity contribution in [3.05, 3.63) is 53.6 Å². The predicted octanol–water partition coefficient (Wildman–Crippen LogP) is 1.83. The molecule has 20 heavy (non-hydrogen) atoms. The van der Waals surface area contributed by atoms with Crippen LogP contribution in [0.25, 0.3) is 0 Å². The molecule has 0 heterocycles. The number of amides is 1. The number of hydrogen-bond donors (Lipinski definition) is 3. The van der Waals surface area contributed by atoms with Crippen molar-refractivity contribution >= 4 is 11.6 Å². The molecule has 4 N–H and O–H groups in total. The van der Waals surface area contributed by atoms with Crippen LogP contribution in [0.15, 0.2) is 42.5 Å². The lowest BCUT2D eigenvalue weighted by molar-refractivity contribution is 0.0987. The average Bonchev–Trinajstić information content (AvgIpc) is 2.46. The third kappa shape index (κ3) is 2.57. The molecule has 0 saturated carbocycles. The lowest BCUT2D eigenvalue weighted by Crippen LogP contribution is -2.26. The van der Waals surface area contributed by atoms with Gasteiger partial charge in [0.1, 0.15) is 17.1 Å². The summed E-state index contributed by atoms with van der Waals surface area (Å²) in [6, 6.07) is 11.4. The number of aromatic hydroxyl groups is 2. The molecule has 2 rings (SSSR count). The molecule has 2 aromatic rings. The molecule has 0 aromatic heterocycles. The van der Waals surface area contributed by atoms with E-state index in [9.17, 15) is 15.0 Å². The Bertz CT molecular complexity index is 603. The van der Waals surface area contributed by atoms with Gasteiger partial charge in [-0.15, -0.1) is 0 Å². The fourth-order valence-electron chi connectivity index (χ4n) is 1.89. The molecule has 0 fully saturated rings. The molecule has 1 amide bonds. The van der Waals surface area contributed by atoms with E-state index in [4.69, 9.17) is 5.73 Å². The highest BCUT2D eigenvalue weighted by Crippen LogP contribution is 2.29.